The lowest BCUT2D eigenvalue weighted by Gasteiger charge is -2.31. The second-order valence-corrected chi connectivity index (χ2v) is 5.65. The van der Waals surface area contributed by atoms with Crippen molar-refractivity contribution in [2.45, 2.75) is 32.9 Å². The van der Waals surface area contributed by atoms with Gasteiger partial charge in [0.15, 0.2) is 0 Å². The molecule has 2 saturated heterocycles. The molecule has 5 heteroatoms. The van der Waals surface area contributed by atoms with Gasteiger partial charge in [-0.15, -0.1) is 6.42 Å². The molecule has 4 atom stereocenters. The topological polar surface area (TPSA) is 43.9 Å². The van der Waals surface area contributed by atoms with E-state index < -0.39 is 0 Å². The quantitative estimate of drug-likeness (QED) is 0.538. The number of nitrogens with zero attached hydrogens (tertiary/aromatic N) is 3. The summed E-state index contributed by atoms with van der Waals surface area (Å²) in [5, 5.41) is 3.31. The summed E-state index contributed by atoms with van der Waals surface area (Å²) in [6.45, 7) is 7.01. The Morgan fingerprint density at radius 2 is 1.79 bits per heavy atom. The number of hydrogen-bond donors (Lipinski definition) is 0. The smallest absolute Gasteiger partial charge is 0.248 e. The number of carbonyl (C=O) groups is 2. The van der Waals surface area contributed by atoms with Crippen LogP contribution < -0.4 is 0 Å². The first kappa shape index (κ1) is 14.0. The summed E-state index contributed by atoms with van der Waals surface area (Å²) in [5.41, 5.74) is 0. The predicted octanol–water partition coefficient (Wildman–Crippen LogP) is 0.180. The molecule has 0 aromatic heterocycles. The van der Waals surface area contributed by atoms with Gasteiger partial charge in [-0.05, 0) is 14.0 Å². The highest BCUT2D eigenvalue weighted by atomic mass is 16.2. The van der Waals surface area contributed by atoms with Gasteiger partial charge in [-0.1, -0.05) is 19.8 Å². The summed E-state index contributed by atoms with van der Waals surface area (Å²) in [5.74, 6) is 2.14. The molecule has 0 radical (unpaired) electrons. The molecule has 0 saturated carbocycles. The normalized spacial score (nSPS) is 35.1. The molecule has 2 aliphatic rings. The van der Waals surface area contributed by atoms with Crippen molar-refractivity contribution in [3.05, 3.63) is 0 Å². The first-order valence-corrected chi connectivity index (χ1v) is 6.68. The molecule has 2 amide bonds. The minimum Gasteiger partial charge on any atom is -0.294 e. The fraction of sp³-hybridized carbons (Fsp3) is 0.714. The Bertz CT molecular complexity index is 442. The summed E-state index contributed by atoms with van der Waals surface area (Å²) < 4.78 is 0. The zero-order valence-corrected chi connectivity index (χ0v) is 12.0. The number of carbonyl (C=O) groups excluding carboxylic acids is 2. The van der Waals surface area contributed by atoms with Crippen molar-refractivity contribution >= 4 is 11.8 Å². The van der Waals surface area contributed by atoms with Gasteiger partial charge in [0.1, 0.15) is 0 Å². The Kier molecular flexibility index (Phi) is 3.66. The van der Waals surface area contributed by atoms with E-state index in [1.54, 1.807) is 0 Å². The van der Waals surface area contributed by atoms with Crippen molar-refractivity contribution in [1.82, 2.24) is 14.9 Å². The largest absolute Gasteiger partial charge is 0.294 e. The zero-order chi connectivity index (χ0) is 14.3. The van der Waals surface area contributed by atoms with Gasteiger partial charge >= 0.3 is 0 Å². The maximum Gasteiger partial charge on any atom is 0.248 e. The van der Waals surface area contributed by atoms with E-state index in [1.807, 2.05) is 37.7 Å². The Morgan fingerprint density at radius 1 is 1.21 bits per heavy atom. The number of hydrazine groups is 1. The van der Waals surface area contributed by atoms with E-state index in [9.17, 15) is 9.59 Å². The number of hydrogen-bond acceptors (Lipinski definition) is 4. The molecule has 5 nitrogen and oxygen atoms in total. The van der Waals surface area contributed by atoms with Crippen molar-refractivity contribution in [2.75, 3.05) is 20.1 Å². The highest BCUT2D eigenvalue weighted by molar-refractivity contribution is 6.00. The zero-order valence-electron chi connectivity index (χ0n) is 12.0. The van der Waals surface area contributed by atoms with E-state index in [2.05, 4.69) is 5.92 Å². The van der Waals surface area contributed by atoms with Gasteiger partial charge in [0.2, 0.25) is 11.8 Å². The highest BCUT2D eigenvalue weighted by Gasteiger charge is 2.56. The SMILES string of the molecule is C#CCN(C)CC1C(C)C(=O)N2C(=O)C(C)C(C)N12. The third-order valence-corrected chi connectivity index (χ3v) is 4.35. The molecular weight excluding hydrogens is 242 g/mol. The minimum atomic E-state index is -0.167. The van der Waals surface area contributed by atoms with Gasteiger partial charge in [0, 0.05) is 12.6 Å². The fourth-order valence-corrected chi connectivity index (χ4v) is 2.97. The van der Waals surface area contributed by atoms with Crippen LogP contribution >= 0.6 is 0 Å². The molecule has 2 fully saturated rings. The third kappa shape index (κ3) is 2.05. The molecule has 0 spiro atoms. The standard InChI is InChI=1S/C14H21N3O2/c1-6-7-15(5)8-12-10(3)14(19)17-13(18)9(2)11(4)16(12)17/h1,9-12H,7-8H2,2-5H3. The average Bonchev–Trinajstić information content (AvgIpc) is 2.73. The molecule has 19 heavy (non-hydrogen) atoms. The molecule has 2 heterocycles. The van der Waals surface area contributed by atoms with Gasteiger partial charge in [-0.3, -0.25) is 14.5 Å². The fourth-order valence-electron chi connectivity index (χ4n) is 2.97. The van der Waals surface area contributed by atoms with Crippen LogP contribution in [0.5, 0.6) is 0 Å². The van der Waals surface area contributed by atoms with Crippen LogP contribution in [0.3, 0.4) is 0 Å². The first-order valence-electron chi connectivity index (χ1n) is 6.68. The maximum atomic E-state index is 12.2. The maximum absolute atomic E-state index is 12.2. The molecule has 2 rings (SSSR count). The number of terminal acetylenes is 1. The van der Waals surface area contributed by atoms with Crippen molar-refractivity contribution < 1.29 is 9.59 Å². The molecular formula is C14H21N3O2. The van der Waals surface area contributed by atoms with E-state index in [0.29, 0.717) is 13.1 Å². The van der Waals surface area contributed by atoms with Crippen LogP contribution in [0, 0.1) is 24.2 Å². The Morgan fingerprint density at radius 3 is 2.37 bits per heavy atom. The predicted molar refractivity (Wildman–Crippen MR) is 71.6 cm³/mol. The second kappa shape index (κ2) is 4.95. The Balaban J connectivity index is 2.23. The number of imide groups is 1. The molecule has 2 aliphatic heterocycles. The van der Waals surface area contributed by atoms with Crippen LogP contribution in [0.2, 0.25) is 0 Å². The van der Waals surface area contributed by atoms with Gasteiger partial charge in [-0.25, -0.2) is 10.0 Å². The summed E-state index contributed by atoms with van der Waals surface area (Å²) in [4.78, 5) is 26.4. The van der Waals surface area contributed by atoms with Gasteiger partial charge in [0.25, 0.3) is 0 Å². The van der Waals surface area contributed by atoms with Crippen molar-refractivity contribution in [2.24, 2.45) is 11.8 Å². The van der Waals surface area contributed by atoms with Crippen LogP contribution in [0.4, 0.5) is 0 Å². The third-order valence-electron chi connectivity index (χ3n) is 4.35. The molecule has 0 aliphatic carbocycles. The number of amides is 2. The lowest BCUT2D eigenvalue weighted by Crippen LogP contribution is -2.46. The van der Waals surface area contributed by atoms with Crippen molar-refractivity contribution in [1.29, 1.82) is 0 Å². The summed E-state index contributed by atoms with van der Waals surface area (Å²) in [6, 6.07) is 0.0837. The molecule has 0 bridgehead atoms. The number of rotatable bonds is 3. The van der Waals surface area contributed by atoms with Crippen molar-refractivity contribution in [3.8, 4) is 12.3 Å². The monoisotopic (exact) mass is 263 g/mol. The summed E-state index contributed by atoms with van der Waals surface area (Å²) in [7, 11) is 1.94. The lowest BCUT2D eigenvalue weighted by molar-refractivity contribution is -0.151. The van der Waals surface area contributed by atoms with E-state index in [4.69, 9.17) is 6.42 Å². The molecule has 0 N–H and O–H groups in total. The van der Waals surface area contributed by atoms with Crippen LogP contribution in [-0.4, -0.2) is 59.0 Å². The summed E-state index contributed by atoms with van der Waals surface area (Å²) >= 11 is 0. The van der Waals surface area contributed by atoms with Gasteiger partial charge < -0.3 is 0 Å². The van der Waals surface area contributed by atoms with E-state index in [0.717, 1.165) is 0 Å². The molecule has 0 aromatic carbocycles. The van der Waals surface area contributed by atoms with Crippen LogP contribution in [0.25, 0.3) is 0 Å². The minimum absolute atomic E-state index is 0.0229. The Hall–Kier alpha value is -1.38. The van der Waals surface area contributed by atoms with Crippen LogP contribution in [0.15, 0.2) is 0 Å². The Labute approximate surface area is 114 Å². The second-order valence-electron chi connectivity index (χ2n) is 5.65. The van der Waals surface area contributed by atoms with E-state index >= 15 is 0 Å². The lowest BCUT2D eigenvalue weighted by atomic mass is 9.97. The van der Waals surface area contributed by atoms with E-state index in [1.165, 1.54) is 5.01 Å². The van der Waals surface area contributed by atoms with Crippen LogP contribution in [0.1, 0.15) is 20.8 Å². The van der Waals surface area contributed by atoms with Crippen molar-refractivity contribution in [3.63, 3.8) is 0 Å². The first-order chi connectivity index (χ1) is 8.90. The van der Waals surface area contributed by atoms with E-state index in [-0.39, 0.29) is 35.7 Å². The number of fused-ring (bicyclic) bond motifs is 1. The average molecular weight is 263 g/mol. The van der Waals surface area contributed by atoms with Gasteiger partial charge in [0.05, 0.1) is 24.4 Å². The molecule has 0 aromatic rings. The van der Waals surface area contributed by atoms with Gasteiger partial charge in [-0.2, -0.15) is 0 Å². The molecule has 104 valence electrons. The highest BCUT2D eigenvalue weighted by Crippen LogP contribution is 2.37. The number of likely N-dealkylation sites (N-methyl/N-ethyl adjacent to an activating group) is 1. The molecule has 4 unspecified atom stereocenters. The van der Waals surface area contributed by atoms with Crippen LogP contribution in [-0.2, 0) is 9.59 Å². The summed E-state index contributed by atoms with van der Waals surface area (Å²) in [6.07, 6.45) is 5.31.